The van der Waals surface area contributed by atoms with Crippen molar-refractivity contribution in [2.75, 3.05) is 5.73 Å². The van der Waals surface area contributed by atoms with Gasteiger partial charge in [0, 0.05) is 5.69 Å². The minimum Gasteiger partial charge on any atom is -0.398 e. The average Bonchev–Trinajstić information content (AvgIpc) is 2.94. The number of rotatable bonds is 5. The SMILES string of the molecule is C1CCCCC1.C1CCCCCCC1.C=Cc1cccc(C)c1N.CC.CCCCCc1ccc(C)cc1. The predicted molar refractivity (Wildman–Crippen MR) is 176 cm³/mol. The van der Waals surface area contributed by atoms with Crippen LogP contribution in [0.2, 0.25) is 0 Å². The molecule has 0 amide bonds. The molecule has 2 saturated carbocycles. The monoisotopic (exact) mass is 521 g/mol. The Labute approximate surface area is 238 Å². The van der Waals surface area contributed by atoms with E-state index in [0.717, 1.165) is 16.8 Å². The Balaban J connectivity index is 0.000000481. The molecule has 0 aromatic heterocycles. The van der Waals surface area contributed by atoms with E-state index in [4.69, 9.17) is 5.73 Å². The minimum absolute atomic E-state index is 0.831. The molecule has 2 aliphatic rings. The zero-order valence-corrected chi connectivity index (χ0v) is 26.1. The molecule has 216 valence electrons. The number of benzene rings is 2. The molecule has 0 heterocycles. The lowest BCUT2D eigenvalue weighted by Gasteiger charge is -2.05. The summed E-state index contributed by atoms with van der Waals surface area (Å²) >= 11 is 0. The first-order chi connectivity index (χ1) is 18.6. The van der Waals surface area contributed by atoms with Gasteiger partial charge in [-0.05, 0) is 43.4 Å². The number of nitrogens with two attached hydrogens (primary N) is 1. The second-order valence-electron chi connectivity index (χ2n) is 10.7. The number of hydrogen-bond acceptors (Lipinski definition) is 1. The van der Waals surface area contributed by atoms with Gasteiger partial charge in [0.2, 0.25) is 0 Å². The molecule has 0 radical (unpaired) electrons. The molecule has 1 nitrogen and oxygen atoms in total. The molecule has 2 fully saturated rings. The molecule has 0 spiro atoms. The van der Waals surface area contributed by atoms with Crippen molar-refractivity contribution in [3.05, 3.63) is 71.3 Å². The lowest BCUT2D eigenvalue weighted by atomic mass is 10.0. The Bertz CT molecular complexity index is 734. The van der Waals surface area contributed by atoms with Crippen molar-refractivity contribution >= 4 is 11.8 Å². The number of unbranched alkanes of at least 4 members (excludes halogenated alkanes) is 2. The molecule has 0 atom stereocenters. The van der Waals surface area contributed by atoms with Crippen LogP contribution >= 0.6 is 0 Å². The van der Waals surface area contributed by atoms with Gasteiger partial charge < -0.3 is 5.73 Å². The molecular weight excluding hydrogens is 458 g/mol. The van der Waals surface area contributed by atoms with Crippen LogP contribution in [0.1, 0.15) is 152 Å². The fourth-order valence-corrected chi connectivity index (χ4v) is 4.69. The fourth-order valence-electron chi connectivity index (χ4n) is 4.69. The van der Waals surface area contributed by atoms with Crippen LogP contribution in [0.3, 0.4) is 0 Å². The predicted octanol–water partition coefficient (Wildman–Crippen LogP) is 12.4. The summed E-state index contributed by atoms with van der Waals surface area (Å²) in [5, 5.41) is 0. The third-order valence-corrected chi connectivity index (χ3v) is 7.27. The average molecular weight is 522 g/mol. The van der Waals surface area contributed by atoms with E-state index in [1.54, 1.807) is 6.08 Å². The minimum atomic E-state index is 0.831. The largest absolute Gasteiger partial charge is 0.398 e. The topological polar surface area (TPSA) is 26.0 Å². The van der Waals surface area contributed by atoms with E-state index in [-0.39, 0.29) is 0 Å². The van der Waals surface area contributed by atoms with Crippen LogP contribution in [0.25, 0.3) is 6.08 Å². The number of aryl methyl sites for hydroxylation is 3. The van der Waals surface area contributed by atoms with E-state index in [9.17, 15) is 0 Å². The summed E-state index contributed by atoms with van der Waals surface area (Å²) in [6, 6.07) is 14.8. The van der Waals surface area contributed by atoms with Gasteiger partial charge >= 0.3 is 0 Å². The molecule has 4 rings (SSSR count). The molecule has 2 aromatic rings. The summed E-state index contributed by atoms with van der Waals surface area (Å²) in [6.45, 7) is 14.0. The summed E-state index contributed by atoms with van der Waals surface area (Å²) in [5.74, 6) is 0. The quantitative estimate of drug-likeness (QED) is 0.307. The first-order valence-corrected chi connectivity index (χ1v) is 16.1. The van der Waals surface area contributed by atoms with Crippen molar-refractivity contribution in [2.45, 2.75) is 150 Å². The second-order valence-corrected chi connectivity index (χ2v) is 10.7. The lowest BCUT2D eigenvalue weighted by molar-refractivity contribution is 0.504. The maximum Gasteiger partial charge on any atom is 0.0417 e. The summed E-state index contributed by atoms with van der Waals surface area (Å²) in [6.07, 6.45) is 28.0. The number of hydrogen-bond donors (Lipinski definition) is 1. The van der Waals surface area contributed by atoms with Crippen molar-refractivity contribution in [3.63, 3.8) is 0 Å². The van der Waals surface area contributed by atoms with Gasteiger partial charge in [-0.2, -0.15) is 0 Å². The molecule has 0 aliphatic heterocycles. The molecule has 0 bridgehead atoms. The van der Waals surface area contributed by atoms with Gasteiger partial charge in [-0.15, -0.1) is 0 Å². The van der Waals surface area contributed by atoms with Crippen molar-refractivity contribution in [3.8, 4) is 0 Å². The molecule has 38 heavy (non-hydrogen) atoms. The van der Waals surface area contributed by atoms with Crippen LogP contribution in [0.4, 0.5) is 5.69 Å². The van der Waals surface area contributed by atoms with Crippen molar-refractivity contribution in [2.24, 2.45) is 0 Å². The molecule has 2 aliphatic carbocycles. The van der Waals surface area contributed by atoms with Crippen LogP contribution in [0.15, 0.2) is 49.0 Å². The normalized spacial score (nSPS) is 14.7. The fraction of sp³-hybridized carbons (Fsp3) is 0.622. The Morgan fingerprint density at radius 2 is 1.08 bits per heavy atom. The zero-order valence-electron chi connectivity index (χ0n) is 26.1. The Kier molecular flexibility index (Phi) is 25.2. The van der Waals surface area contributed by atoms with Gasteiger partial charge in [-0.1, -0.05) is 184 Å². The standard InChI is InChI=1S/C12H18.C9H11N.C8H16.C6H12.C2H6/c1-3-4-5-6-12-9-7-11(2)8-10-12;1-3-8-6-4-5-7(2)9(8)10;1-2-4-6-8-7-5-3-1;1-2-4-6-5-3-1;1-2/h7-10H,3-6H2,1-2H3;3-6H,1,10H2,2H3;1-8H2;1-6H2;1-2H3. The molecule has 0 unspecified atom stereocenters. The van der Waals surface area contributed by atoms with Crippen LogP contribution < -0.4 is 5.73 Å². The van der Waals surface area contributed by atoms with Gasteiger partial charge in [0.15, 0.2) is 0 Å². The van der Waals surface area contributed by atoms with Crippen LogP contribution in [-0.2, 0) is 6.42 Å². The van der Waals surface area contributed by atoms with Crippen LogP contribution in [0, 0.1) is 13.8 Å². The summed E-state index contributed by atoms with van der Waals surface area (Å²) in [4.78, 5) is 0. The number of nitrogen functional groups attached to an aromatic ring is 1. The van der Waals surface area contributed by atoms with Crippen molar-refractivity contribution in [1.29, 1.82) is 0 Å². The Hall–Kier alpha value is -2.02. The maximum atomic E-state index is 5.72. The lowest BCUT2D eigenvalue weighted by Crippen LogP contribution is -1.91. The van der Waals surface area contributed by atoms with E-state index in [2.05, 4.69) is 44.7 Å². The van der Waals surface area contributed by atoms with Gasteiger partial charge in [0.05, 0.1) is 0 Å². The van der Waals surface area contributed by atoms with E-state index in [1.807, 2.05) is 39.0 Å². The smallest absolute Gasteiger partial charge is 0.0417 e. The van der Waals surface area contributed by atoms with E-state index in [1.165, 1.54) is 127 Å². The van der Waals surface area contributed by atoms with Crippen LogP contribution in [0.5, 0.6) is 0 Å². The highest BCUT2D eigenvalue weighted by atomic mass is 14.6. The maximum absolute atomic E-state index is 5.72. The number of anilines is 1. The molecule has 2 N–H and O–H groups in total. The summed E-state index contributed by atoms with van der Waals surface area (Å²) < 4.78 is 0. The second kappa shape index (κ2) is 26.6. The van der Waals surface area contributed by atoms with Crippen molar-refractivity contribution < 1.29 is 0 Å². The molecule has 1 heteroatoms. The first-order valence-electron chi connectivity index (χ1n) is 16.1. The highest BCUT2D eigenvalue weighted by Gasteiger charge is 1.97. The van der Waals surface area contributed by atoms with Crippen molar-refractivity contribution in [1.82, 2.24) is 0 Å². The zero-order chi connectivity index (χ0) is 28.3. The summed E-state index contributed by atoms with van der Waals surface area (Å²) in [5.41, 5.74) is 11.5. The van der Waals surface area contributed by atoms with E-state index >= 15 is 0 Å². The highest BCUT2D eigenvalue weighted by Crippen LogP contribution is 2.17. The highest BCUT2D eigenvalue weighted by molar-refractivity contribution is 5.66. The Morgan fingerprint density at radius 1 is 0.658 bits per heavy atom. The van der Waals surface area contributed by atoms with Gasteiger partial charge in [-0.25, -0.2) is 0 Å². The molecule has 0 saturated heterocycles. The molecule has 2 aromatic carbocycles. The van der Waals surface area contributed by atoms with Crippen LogP contribution in [-0.4, -0.2) is 0 Å². The van der Waals surface area contributed by atoms with Gasteiger partial charge in [0.25, 0.3) is 0 Å². The molecular formula is C37H63N. The van der Waals surface area contributed by atoms with Gasteiger partial charge in [-0.3, -0.25) is 0 Å². The van der Waals surface area contributed by atoms with E-state index < -0.39 is 0 Å². The Morgan fingerprint density at radius 3 is 1.42 bits per heavy atom. The summed E-state index contributed by atoms with van der Waals surface area (Å²) in [7, 11) is 0. The third-order valence-electron chi connectivity index (χ3n) is 7.27. The third kappa shape index (κ3) is 20.0. The van der Waals surface area contributed by atoms with E-state index in [0.29, 0.717) is 0 Å². The first kappa shape index (κ1) is 36.0. The van der Waals surface area contributed by atoms with Gasteiger partial charge in [0.1, 0.15) is 0 Å². The number of para-hydroxylation sites is 1.